The molecule has 4 heterocycles. The molecule has 0 saturated carbocycles. The first kappa shape index (κ1) is 21.8. The summed E-state index contributed by atoms with van der Waals surface area (Å²) in [6, 6.07) is 3.98. The van der Waals surface area contributed by atoms with E-state index in [9.17, 15) is 4.79 Å². The maximum atomic E-state index is 13.3. The van der Waals surface area contributed by atoms with Crippen LogP contribution in [-0.2, 0) is 12.8 Å². The Morgan fingerprint density at radius 2 is 2.06 bits per heavy atom. The molecule has 1 fully saturated rings. The van der Waals surface area contributed by atoms with Crippen LogP contribution >= 0.6 is 11.6 Å². The Hall–Kier alpha value is -2.41. The number of H-pyrrole nitrogens is 1. The van der Waals surface area contributed by atoms with E-state index in [1.807, 2.05) is 17.0 Å². The number of nitrogens with one attached hydrogen (secondary N) is 1. The number of carbonyl (C=O) groups excluding carboxylic acids is 1. The molecule has 1 aliphatic rings. The fraction of sp³-hybridized carbons (Fsp3) is 0.565. The number of hydrogen-bond acceptors (Lipinski definition) is 4. The molecule has 1 aliphatic heterocycles. The smallest absolute Gasteiger partial charge is 0.272 e. The molecule has 166 valence electrons. The first-order valence-electron chi connectivity index (χ1n) is 11.5. The fourth-order valence-corrected chi connectivity index (χ4v) is 4.52. The lowest BCUT2D eigenvalue weighted by Gasteiger charge is -2.27. The van der Waals surface area contributed by atoms with Gasteiger partial charge in [0.05, 0.1) is 0 Å². The van der Waals surface area contributed by atoms with E-state index >= 15 is 0 Å². The quantitative estimate of drug-likeness (QED) is 0.577. The summed E-state index contributed by atoms with van der Waals surface area (Å²) in [5.74, 6) is 0.877. The molecule has 3 aromatic rings. The number of nitrogens with zero attached hydrogens (tertiary/aromatic N) is 5. The van der Waals surface area contributed by atoms with Gasteiger partial charge in [-0.1, -0.05) is 44.7 Å². The van der Waals surface area contributed by atoms with Gasteiger partial charge < -0.3 is 9.88 Å². The van der Waals surface area contributed by atoms with Crippen molar-refractivity contribution in [1.29, 1.82) is 0 Å². The van der Waals surface area contributed by atoms with Gasteiger partial charge in [-0.25, -0.2) is 14.5 Å². The van der Waals surface area contributed by atoms with Crippen LogP contribution in [0.3, 0.4) is 0 Å². The summed E-state index contributed by atoms with van der Waals surface area (Å²) in [5.41, 5.74) is 3.38. The van der Waals surface area contributed by atoms with Crippen LogP contribution in [0, 0.1) is 0 Å². The van der Waals surface area contributed by atoms with Crippen LogP contribution in [0.1, 0.15) is 81.3 Å². The van der Waals surface area contributed by atoms with Crippen molar-refractivity contribution in [3.8, 4) is 11.4 Å². The summed E-state index contributed by atoms with van der Waals surface area (Å²) in [5, 5.41) is 5.20. The van der Waals surface area contributed by atoms with Gasteiger partial charge in [0, 0.05) is 30.8 Å². The third-order valence-corrected chi connectivity index (χ3v) is 6.39. The molecule has 31 heavy (non-hydrogen) atoms. The number of rotatable bonds is 6. The zero-order valence-electron chi connectivity index (χ0n) is 18.6. The Morgan fingerprint density at radius 1 is 1.23 bits per heavy atom. The van der Waals surface area contributed by atoms with Gasteiger partial charge in [0.25, 0.3) is 5.91 Å². The monoisotopic (exact) mass is 442 g/mol. The molecule has 4 rings (SSSR count). The van der Waals surface area contributed by atoms with Crippen molar-refractivity contribution in [3.05, 3.63) is 34.5 Å². The minimum atomic E-state index is 0.00834. The molecule has 1 saturated heterocycles. The highest BCUT2D eigenvalue weighted by Crippen LogP contribution is 2.27. The molecule has 7 nitrogen and oxygen atoms in total. The lowest BCUT2D eigenvalue weighted by Crippen LogP contribution is -2.38. The first-order chi connectivity index (χ1) is 15.0. The summed E-state index contributed by atoms with van der Waals surface area (Å²) in [6.07, 6.45) is 8.19. The van der Waals surface area contributed by atoms with Crippen LogP contribution < -0.4 is 0 Å². The number of aromatic amines is 1. The van der Waals surface area contributed by atoms with Gasteiger partial charge in [-0.2, -0.15) is 5.10 Å². The number of carbonyl (C=O) groups is 1. The number of fused-ring (bicyclic) bond motifs is 1. The second-order valence-electron chi connectivity index (χ2n) is 8.43. The van der Waals surface area contributed by atoms with Gasteiger partial charge >= 0.3 is 0 Å². The Kier molecular flexibility index (Phi) is 6.60. The van der Waals surface area contributed by atoms with Crippen molar-refractivity contribution >= 4 is 23.2 Å². The summed E-state index contributed by atoms with van der Waals surface area (Å²) in [7, 11) is 0. The number of halogens is 1. The molecule has 0 spiro atoms. The molecule has 1 amide bonds. The lowest BCUT2D eigenvalue weighted by molar-refractivity contribution is 0.0692. The standard InChI is InChI=1S/C23H31ClN6O/c1-4-6-11-19-26-21(22(24)27-19)17-14-20-25-18(13-16(5-2)30(20)28-17)23(31)29-12-9-7-8-10-15(29)3/h13-15H,4-12H2,1-3H3,(H,26,27). The van der Waals surface area contributed by atoms with Gasteiger partial charge in [-0.15, -0.1) is 0 Å². The lowest BCUT2D eigenvalue weighted by atomic mass is 10.1. The van der Waals surface area contributed by atoms with Crippen LogP contribution in [0.25, 0.3) is 17.0 Å². The van der Waals surface area contributed by atoms with E-state index in [1.165, 1.54) is 12.8 Å². The highest BCUT2D eigenvalue weighted by Gasteiger charge is 2.25. The Bertz CT molecular complexity index is 1070. The van der Waals surface area contributed by atoms with Crippen LogP contribution in [0.5, 0.6) is 0 Å². The van der Waals surface area contributed by atoms with Gasteiger partial charge in [-0.3, -0.25) is 4.79 Å². The number of aromatic nitrogens is 5. The van der Waals surface area contributed by atoms with E-state index < -0.39 is 0 Å². The number of likely N-dealkylation sites (tertiary alicyclic amines) is 1. The molecule has 0 aliphatic carbocycles. The topological polar surface area (TPSA) is 79.2 Å². The summed E-state index contributed by atoms with van der Waals surface area (Å²) in [6.45, 7) is 7.14. The normalized spacial score (nSPS) is 17.3. The predicted molar refractivity (Wildman–Crippen MR) is 123 cm³/mol. The molecule has 3 aromatic heterocycles. The highest BCUT2D eigenvalue weighted by molar-refractivity contribution is 6.31. The summed E-state index contributed by atoms with van der Waals surface area (Å²) >= 11 is 6.43. The van der Waals surface area contributed by atoms with Gasteiger partial charge in [0.2, 0.25) is 0 Å². The number of aryl methyl sites for hydroxylation is 2. The van der Waals surface area contributed by atoms with Crippen LogP contribution in [0.15, 0.2) is 12.1 Å². The number of hydrogen-bond donors (Lipinski definition) is 1. The van der Waals surface area contributed by atoms with Crippen LogP contribution in [-0.4, -0.2) is 48.0 Å². The van der Waals surface area contributed by atoms with E-state index in [0.717, 1.165) is 56.6 Å². The van der Waals surface area contributed by atoms with Crippen molar-refractivity contribution in [3.63, 3.8) is 0 Å². The number of imidazole rings is 1. The molecule has 0 bridgehead atoms. The van der Waals surface area contributed by atoms with Crippen LogP contribution in [0.4, 0.5) is 0 Å². The first-order valence-corrected chi connectivity index (χ1v) is 11.8. The SMILES string of the molecule is CCCCc1nc(-c2cc3nc(C(=O)N4CCCCCC4C)cc(CC)n3n2)c(Cl)[nH]1. The van der Waals surface area contributed by atoms with E-state index in [2.05, 4.69) is 35.7 Å². The third kappa shape index (κ3) is 4.47. The third-order valence-electron chi connectivity index (χ3n) is 6.11. The van der Waals surface area contributed by atoms with Crippen molar-refractivity contribution in [2.45, 2.75) is 78.2 Å². The van der Waals surface area contributed by atoms with Gasteiger partial charge in [0.1, 0.15) is 28.1 Å². The van der Waals surface area contributed by atoms with E-state index in [0.29, 0.717) is 27.9 Å². The second kappa shape index (κ2) is 9.39. The van der Waals surface area contributed by atoms with Gasteiger partial charge in [0.15, 0.2) is 5.65 Å². The molecule has 1 N–H and O–H groups in total. The largest absolute Gasteiger partial charge is 0.335 e. The highest BCUT2D eigenvalue weighted by atomic mass is 35.5. The maximum absolute atomic E-state index is 13.3. The average Bonchev–Trinajstić information content (AvgIpc) is 3.29. The van der Waals surface area contributed by atoms with Crippen molar-refractivity contribution < 1.29 is 4.79 Å². The Labute approximate surface area is 188 Å². The zero-order valence-corrected chi connectivity index (χ0v) is 19.4. The molecule has 1 unspecified atom stereocenters. The minimum Gasteiger partial charge on any atom is -0.335 e. The number of amides is 1. The van der Waals surface area contributed by atoms with Crippen molar-refractivity contribution in [2.24, 2.45) is 0 Å². The zero-order chi connectivity index (χ0) is 22.0. The molecular formula is C23H31ClN6O. The van der Waals surface area contributed by atoms with Crippen molar-refractivity contribution in [2.75, 3.05) is 6.54 Å². The Morgan fingerprint density at radius 3 is 2.84 bits per heavy atom. The average molecular weight is 443 g/mol. The summed E-state index contributed by atoms with van der Waals surface area (Å²) in [4.78, 5) is 27.8. The van der Waals surface area contributed by atoms with E-state index in [-0.39, 0.29) is 11.9 Å². The molecule has 0 radical (unpaired) electrons. The Balaban J connectivity index is 1.70. The summed E-state index contributed by atoms with van der Waals surface area (Å²) < 4.78 is 1.80. The second-order valence-corrected chi connectivity index (χ2v) is 8.81. The molecule has 0 aromatic carbocycles. The predicted octanol–water partition coefficient (Wildman–Crippen LogP) is 5.08. The number of unbranched alkanes of at least 4 members (excludes halogenated alkanes) is 1. The molecule has 1 atom stereocenters. The van der Waals surface area contributed by atoms with E-state index in [1.54, 1.807) is 4.52 Å². The maximum Gasteiger partial charge on any atom is 0.272 e. The molecular weight excluding hydrogens is 412 g/mol. The van der Waals surface area contributed by atoms with Crippen LogP contribution in [0.2, 0.25) is 5.15 Å². The molecule has 8 heteroatoms. The van der Waals surface area contributed by atoms with Crippen molar-refractivity contribution in [1.82, 2.24) is 29.5 Å². The fourth-order valence-electron chi connectivity index (χ4n) is 4.27. The van der Waals surface area contributed by atoms with E-state index in [4.69, 9.17) is 16.7 Å². The minimum absolute atomic E-state index is 0.00834. The van der Waals surface area contributed by atoms with Gasteiger partial charge in [-0.05, 0) is 38.7 Å².